The van der Waals surface area contributed by atoms with Gasteiger partial charge in [-0.15, -0.1) is 0 Å². The molecule has 1 aliphatic carbocycles. The minimum atomic E-state index is -0.690. The Kier molecular flexibility index (Phi) is 8.61. The number of nitrogens with zero attached hydrogens (tertiary/aromatic N) is 2. The molecule has 0 unspecified atom stereocenters. The second-order valence-electron chi connectivity index (χ2n) is 10.2. The Morgan fingerprint density at radius 2 is 1.74 bits per heavy atom. The van der Waals surface area contributed by atoms with Crippen molar-refractivity contribution in [3.8, 4) is 0 Å². The number of carbonyl (C=O) groups is 1. The zero-order chi connectivity index (χ0) is 24.8. The molecule has 4 rings (SSSR count). The summed E-state index contributed by atoms with van der Waals surface area (Å²) >= 11 is 0. The maximum Gasteiger partial charge on any atom is 0.309 e. The van der Waals surface area contributed by atoms with Gasteiger partial charge in [-0.05, 0) is 78.0 Å². The van der Waals surface area contributed by atoms with Crippen LogP contribution in [0.1, 0.15) is 92.2 Å². The molecule has 5 nitrogen and oxygen atoms in total. The van der Waals surface area contributed by atoms with Crippen LogP contribution in [-0.4, -0.2) is 34.8 Å². The van der Waals surface area contributed by atoms with E-state index in [1.54, 1.807) is 5.56 Å². The van der Waals surface area contributed by atoms with Crippen molar-refractivity contribution in [1.29, 1.82) is 0 Å². The third kappa shape index (κ3) is 6.32. The summed E-state index contributed by atoms with van der Waals surface area (Å²) in [5, 5.41) is 13.5. The number of hydrogen-bond acceptors (Lipinski definition) is 4. The average molecular weight is 477 g/mol. The minimum absolute atomic E-state index is 0.220. The summed E-state index contributed by atoms with van der Waals surface area (Å²) in [6.45, 7) is 8.95. The van der Waals surface area contributed by atoms with Crippen molar-refractivity contribution in [2.75, 3.05) is 13.1 Å². The predicted molar refractivity (Wildman–Crippen MR) is 141 cm³/mol. The lowest BCUT2D eigenvalue weighted by atomic mass is 9.81. The first kappa shape index (κ1) is 25.4. The maximum absolute atomic E-state index is 11.1. The monoisotopic (exact) mass is 476 g/mol. The fourth-order valence-corrected chi connectivity index (χ4v) is 5.55. The average Bonchev–Trinajstić information content (AvgIpc) is 2.86. The maximum atomic E-state index is 11.1. The quantitative estimate of drug-likeness (QED) is 0.322. The third-order valence-corrected chi connectivity index (χ3v) is 7.77. The second-order valence-corrected chi connectivity index (χ2v) is 10.2. The first-order valence-corrected chi connectivity index (χ1v) is 13.3. The number of benzene rings is 2. The van der Waals surface area contributed by atoms with Crippen LogP contribution in [0.3, 0.4) is 0 Å². The van der Waals surface area contributed by atoms with Crippen molar-refractivity contribution in [1.82, 2.24) is 4.90 Å². The Hall–Kier alpha value is -2.66. The molecule has 2 aromatic rings. The van der Waals surface area contributed by atoms with Crippen LogP contribution in [0.2, 0.25) is 0 Å². The van der Waals surface area contributed by atoms with Crippen LogP contribution in [0, 0.1) is 5.92 Å². The Bertz CT molecular complexity index is 1050. The third-order valence-electron chi connectivity index (χ3n) is 7.77. The van der Waals surface area contributed by atoms with Gasteiger partial charge >= 0.3 is 5.97 Å². The van der Waals surface area contributed by atoms with E-state index in [1.165, 1.54) is 54.4 Å². The molecule has 1 saturated heterocycles. The lowest BCUT2D eigenvalue weighted by Crippen LogP contribution is -2.49. The van der Waals surface area contributed by atoms with Crippen LogP contribution in [0.5, 0.6) is 0 Å². The molecular weight excluding hydrogens is 436 g/mol. The van der Waals surface area contributed by atoms with Gasteiger partial charge in [0.05, 0.1) is 11.6 Å². The van der Waals surface area contributed by atoms with E-state index in [0.29, 0.717) is 19.7 Å². The summed E-state index contributed by atoms with van der Waals surface area (Å²) in [4.78, 5) is 19.0. The second kappa shape index (κ2) is 11.9. The predicted octanol–water partition coefficient (Wildman–Crippen LogP) is 6.32. The van der Waals surface area contributed by atoms with E-state index in [-0.39, 0.29) is 5.92 Å². The van der Waals surface area contributed by atoms with Crippen LogP contribution >= 0.6 is 0 Å². The molecule has 5 heteroatoms. The lowest BCUT2D eigenvalue weighted by Gasteiger charge is -2.37. The van der Waals surface area contributed by atoms with Gasteiger partial charge in [0.25, 0.3) is 0 Å². The van der Waals surface area contributed by atoms with Gasteiger partial charge in [-0.3, -0.25) is 9.69 Å². The molecule has 0 amide bonds. The fourth-order valence-electron chi connectivity index (χ4n) is 5.55. The van der Waals surface area contributed by atoms with E-state index < -0.39 is 5.97 Å². The molecule has 2 aliphatic rings. The first-order valence-electron chi connectivity index (χ1n) is 13.3. The topological polar surface area (TPSA) is 62.1 Å². The van der Waals surface area contributed by atoms with Crippen molar-refractivity contribution >= 4 is 11.7 Å². The molecule has 0 radical (unpaired) electrons. The molecule has 1 saturated carbocycles. The molecule has 35 heavy (non-hydrogen) atoms. The highest BCUT2D eigenvalue weighted by atomic mass is 16.6. The van der Waals surface area contributed by atoms with E-state index in [4.69, 9.17) is 9.94 Å². The van der Waals surface area contributed by atoms with Gasteiger partial charge in [0.2, 0.25) is 0 Å². The molecule has 1 aliphatic heterocycles. The van der Waals surface area contributed by atoms with Crippen LogP contribution in [0.25, 0.3) is 0 Å². The number of carboxylic acid groups (broad SMARTS) is 1. The Labute approximate surface area is 210 Å². The highest BCUT2D eigenvalue weighted by Crippen LogP contribution is 2.35. The molecule has 1 N–H and O–H groups in total. The van der Waals surface area contributed by atoms with Crippen LogP contribution in [0.15, 0.2) is 41.6 Å². The number of rotatable bonds is 10. The molecule has 0 bridgehead atoms. The standard InChI is InChI=1S/C30H40N2O3/c1-4-23-16-26(12-13-27(23)17-32-18-28(19-32)30(33)34)21(3)31-35-20-22-11-14-29(24(5-2)15-22)25-9-7-6-8-10-25/h11-16,25,28H,4-10,17-20H2,1-3H3,(H,33,34)/b31-21-. The Balaban J connectivity index is 1.36. The zero-order valence-electron chi connectivity index (χ0n) is 21.6. The summed E-state index contributed by atoms with van der Waals surface area (Å²) in [6, 6.07) is 13.3. The van der Waals surface area contributed by atoms with Crippen molar-refractivity contribution < 1.29 is 14.7 Å². The number of carboxylic acids is 1. The van der Waals surface area contributed by atoms with Gasteiger partial charge in [-0.25, -0.2) is 0 Å². The fraction of sp³-hybridized carbons (Fsp3) is 0.533. The van der Waals surface area contributed by atoms with E-state index in [9.17, 15) is 4.79 Å². The largest absolute Gasteiger partial charge is 0.481 e. The lowest BCUT2D eigenvalue weighted by molar-refractivity contribution is -0.147. The van der Waals surface area contributed by atoms with Gasteiger partial charge < -0.3 is 9.94 Å². The van der Waals surface area contributed by atoms with Crippen molar-refractivity contribution in [2.24, 2.45) is 11.1 Å². The molecule has 2 aromatic carbocycles. The number of aryl methyl sites for hydroxylation is 2. The highest BCUT2D eigenvalue weighted by Gasteiger charge is 2.32. The molecule has 2 fully saturated rings. The summed E-state index contributed by atoms with van der Waals surface area (Å²) < 4.78 is 0. The molecule has 188 valence electrons. The van der Waals surface area contributed by atoms with Crippen molar-refractivity contribution in [2.45, 2.75) is 84.8 Å². The Morgan fingerprint density at radius 3 is 2.43 bits per heavy atom. The van der Waals surface area contributed by atoms with Gasteiger partial charge in [0, 0.05) is 19.6 Å². The summed E-state index contributed by atoms with van der Waals surface area (Å²) in [6.07, 6.45) is 8.74. The first-order chi connectivity index (χ1) is 17.0. The van der Waals surface area contributed by atoms with Crippen LogP contribution in [0.4, 0.5) is 0 Å². The molecule has 1 heterocycles. The van der Waals surface area contributed by atoms with E-state index in [1.807, 2.05) is 6.92 Å². The van der Waals surface area contributed by atoms with Crippen LogP contribution in [-0.2, 0) is 35.6 Å². The number of aliphatic carboxylic acids is 1. The molecule has 0 aromatic heterocycles. The number of oxime groups is 1. The van der Waals surface area contributed by atoms with Gasteiger partial charge in [-0.2, -0.15) is 0 Å². The van der Waals surface area contributed by atoms with Crippen LogP contribution < -0.4 is 0 Å². The highest BCUT2D eigenvalue weighted by molar-refractivity contribution is 5.98. The van der Waals surface area contributed by atoms with Gasteiger partial charge in [-0.1, -0.05) is 68.6 Å². The number of hydrogen-bond donors (Lipinski definition) is 1. The normalized spacial score (nSPS) is 17.9. The van der Waals surface area contributed by atoms with E-state index >= 15 is 0 Å². The minimum Gasteiger partial charge on any atom is -0.481 e. The molecular formula is C30H40N2O3. The smallest absolute Gasteiger partial charge is 0.309 e. The van der Waals surface area contributed by atoms with Crippen molar-refractivity contribution in [3.63, 3.8) is 0 Å². The van der Waals surface area contributed by atoms with Gasteiger partial charge in [0.15, 0.2) is 0 Å². The molecule has 0 atom stereocenters. The zero-order valence-corrected chi connectivity index (χ0v) is 21.6. The summed E-state index contributed by atoms with van der Waals surface area (Å²) in [5.41, 5.74) is 8.66. The van der Waals surface area contributed by atoms with E-state index in [0.717, 1.165) is 36.6 Å². The Morgan fingerprint density at radius 1 is 1.00 bits per heavy atom. The molecule has 0 spiro atoms. The van der Waals surface area contributed by atoms with Gasteiger partial charge in [0.1, 0.15) is 6.61 Å². The van der Waals surface area contributed by atoms with E-state index in [2.05, 4.69) is 60.3 Å². The summed E-state index contributed by atoms with van der Waals surface area (Å²) in [5.74, 6) is -0.183. The van der Waals surface area contributed by atoms with Crippen molar-refractivity contribution in [3.05, 3.63) is 69.8 Å². The summed E-state index contributed by atoms with van der Waals surface area (Å²) in [7, 11) is 0. The SMILES string of the molecule is CCc1cc(/C(C)=N\OCc2ccc(C3CCCCC3)c(CC)c2)ccc1CN1CC(C(=O)O)C1. The number of likely N-dealkylation sites (tertiary alicyclic amines) is 1.